The molecule has 1 saturated heterocycles. The van der Waals surface area contributed by atoms with Gasteiger partial charge in [0.15, 0.2) is 0 Å². The van der Waals surface area contributed by atoms with E-state index < -0.39 is 11.4 Å². The molecule has 2 aliphatic carbocycles. The summed E-state index contributed by atoms with van der Waals surface area (Å²) in [6.07, 6.45) is 5.08. The van der Waals surface area contributed by atoms with E-state index in [-0.39, 0.29) is 17.9 Å². The number of hydrogen-bond donors (Lipinski definition) is 1. The van der Waals surface area contributed by atoms with Gasteiger partial charge in [-0.3, -0.25) is 19.8 Å². The summed E-state index contributed by atoms with van der Waals surface area (Å²) in [7, 11) is 0. The maximum atomic E-state index is 12.6. The van der Waals surface area contributed by atoms with Crippen molar-refractivity contribution in [3.8, 4) is 0 Å². The van der Waals surface area contributed by atoms with E-state index in [2.05, 4.69) is 5.32 Å². The number of nitrogens with one attached hydrogen (secondary N) is 1. The maximum Gasteiger partial charge on any atom is 0.331 e. The average molecular weight is 250 g/mol. The monoisotopic (exact) mass is 250 g/mol. The molecule has 3 aliphatic rings. The molecule has 1 atom stereocenters. The third kappa shape index (κ3) is 1.49. The SMILES string of the molecule is CC(C1CC1)N1C(=O)NC(=O)C2(CCCC2)C1=O. The molecule has 5 nitrogen and oxygen atoms in total. The largest absolute Gasteiger partial charge is 0.331 e. The fraction of sp³-hybridized carbons (Fsp3) is 0.769. The van der Waals surface area contributed by atoms with Gasteiger partial charge in [0.25, 0.3) is 0 Å². The Morgan fingerprint density at radius 1 is 1.22 bits per heavy atom. The van der Waals surface area contributed by atoms with Crippen LogP contribution in [0.1, 0.15) is 45.4 Å². The number of urea groups is 1. The van der Waals surface area contributed by atoms with E-state index in [4.69, 9.17) is 0 Å². The first-order valence-electron chi connectivity index (χ1n) is 6.75. The average Bonchev–Trinajstić information content (AvgIpc) is 3.05. The van der Waals surface area contributed by atoms with Crippen LogP contribution >= 0.6 is 0 Å². The fourth-order valence-corrected chi connectivity index (χ4v) is 3.28. The molecule has 1 N–H and O–H groups in total. The molecule has 2 saturated carbocycles. The van der Waals surface area contributed by atoms with Gasteiger partial charge in [0.2, 0.25) is 11.8 Å². The summed E-state index contributed by atoms with van der Waals surface area (Å²) in [4.78, 5) is 37.8. The molecular formula is C13H18N2O3. The molecule has 0 aromatic heterocycles. The molecule has 1 spiro atoms. The van der Waals surface area contributed by atoms with Crippen molar-refractivity contribution in [2.75, 3.05) is 0 Å². The standard InChI is InChI=1S/C13H18N2O3/c1-8(9-4-5-9)15-11(17)13(6-2-3-7-13)10(16)14-12(15)18/h8-9H,2-7H2,1H3,(H,14,16,18). The molecule has 1 aliphatic heterocycles. The summed E-state index contributed by atoms with van der Waals surface area (Å²) in [6.45, 7) is 1.91. The molecule has 1 heterocycles. The van der Waals surface area contributed by atoms with Crippen molar-refractivity contribution in [2.24, 2.45) is 11.3 Å². The van der Waals surface area contributed by atoms with Gasteiger partial charge in [0.1, 0.15) is 5.41 Å². The Morgan fingerprint density at radius 2 is 1.83 bits per heavy atom. The van der Waals surface area contributed by atoms with E-state index in [1.165, 1.54) is 4.90 Å². The van der Waals surface area contributed by atoms with Crippen LogP contribution in [0.2, 0.25) is 0 Å². The van der Waals surface area contributed by atoms with Crippen LogP contribution in [0.4, 0.5) is 4.79 Å². The number of carbonyl (C=O) groups is 3. The summed E-state index contributed by atoms with van der Waals surface area (Å²) in [5.74, 6) is -0.214. The van der Waals surface area contributed by atoms with Crippen LogP contribution in [0, 0.1) is 11.3 Å². The van der Waals surface area contributed by atoms with Crippen molar-refractivity contribution in [1.82, 2.24) is 10.2 Å². The lowest BCUT2D eigenvalue weighted by Crippen LogP contribution is -2.65. The second-order valence-corrected chi connectivity index (χ2v) is 5.80. The predicted molar refractivity (Wildman–Crippen MR) is 63.5 cm³/mol. The van der Waals surface area contributed by atoms with E-state index in [9.17, 15) is 14.4 Å². The number of barbiturate groups is 1. The number of imide groups is 2. The van der Waals surface area contributed by atoms with Gasteiger partial charge in [-0.1, -0.05) is 12.8 Å². The number of nitrogens with zero attached hydrogens (tertiary/aromatic N) is 1. The van der Waals surface area contributed by atoms with Crippen molar-refractivity contribution >= 4 is 17.8 Å². The molecule has 0 radical (unpaired) electrons. The van der Waals surface area contributed by atoms with Crippen LogP contribution in [0.3, 0.4) is 0 Å². The molecule has 98 valence electrons. The molecule has 0 bridgehead atoms. The van der Waals surface area contributed by atoms with Gasteiger partial charge >= 0.3 is 6.03 Å². The predicted octanol–water partition coefficient (Wildman–Crippen LogP) is 1.42. The van der Waals surface area contributed by atoms with Crippen LogP contribution in [-0.4, -0.2) is 28.8 Å². The second kappa shape index (κ2) is 3.80. The number of amides is 4. The van der Waals surface area contributed by atoms with Crippen molar-refractivity contribution in [3.05, 3.63) is 0 Å². The van der Waals surface area contributed by atoms with Crippen LogP contribution in [0.5, 0.6) is 0 Å². The van der Waals surface area contributed by atoms with Gasteiger partial charge in [0, 0.05) is 6.04 Å². The van der Waals surface area contributed by atoms with Crippen molar-refractivity contribution < 1.29 is 14.4 Å². The molecule has 0 aromatic carbocycles. The highest BCUT2D eigenvalue weighted by Crippen LogP contribution is 2.44. The quantitative estimate of drug-likeness (QED) is 0.754. The molecule has 4 amide bonds. The van der Waals surface area contributed by atoms with Crippen LogP contribution in [-0.2, 0) is 9.59 Å². The van der Waals surface area contributed by atoms with Gasteiger partial charge < -0.3 is 0 Å². The minimum atomic E-state index is -0.947. The molecule has 18 heavy (non-hydrogen) atoms. The fourth-order valence-electron chi connectivity index (χ4n) is 3.28. The summed E-state index contributed by atoms with van der Waals surface area (Å²) in [5.41, 5.74) is -0.947. The zero-order valence-corrected chi connectivity index (χ0v) is 10.6. The highest BCUT2D eigenvalue weighted by molar-refractivity contribution is 6.19. The Balaban J connectivity index is 1.91. The molecule has 3 rings (SSSR count). The smallest absolute Gasteiger partial charge is 0.277 e. The zero-order chi connectivity index (χ0) is 12.9. The van der Waals surface area contributed by atoms with E-state index in [1.807, 2.05) is 6.92 Å². The Kier molecular flexibility index (Phi) is 2.47. The zero-order valence-electron chi connectivity index (χ0n) is 10.6. The number of rotatable bonds is 2. The highest BCUT2D eigenvalue weighted by Gasteiger charge is 2.56. The van der Waals surface area contributed by atoms with Gasteiger partial charge in [-0.2, -0.15) is 0 Å². The molecule has 3 fully saturated rings. The summed E-state index contributed by atoms with van der Waals surface area (Å²) in [5, 5.41) is 2.38. The van der Waals surface area contributed by atoms with Crippen molar-refractivity contribution in [2.45, 2.75) is 51.5 Å². The Morgan fingerprint density at radius 3 is 2.39 bits per heavy atom. The Labute approximate surface area is 106 Å². The minimum absolute atomic E-state index is 0.0805. The normalized spacial score (nSPS) is 28.7. The molecule has 0 aromatic rings. The second-order valence-electron chi connectivity index (χ2n) is 5.80. The number of hydrogen-bond acceptors (Lipinski definition) is 3. The Bertz CT molecular complexity index is 422. The lowest BCUT2D eigenvalue weighted by Gasteiger charge is -2.39. The minimum Gasteiger partial charge on any atom is -0.277 e. The summed E-state index contributed by atoms with van der Waals surface area (Å²) < 4.78 is 0. The number of carbonyl (C=O) groups excluding carboxylic acids is 3. The molecular weight excluding hydrogens is 232 g/mol. The Hall–Kier alpha value is -1.39. The summed E-state index contributed by atoms with van der Waals surface area (Å²) in [6, 6.07) is -0.606. The lowest BCUT2D eigenvalue weighted by molar-refractivity contribution is -0.152. The molecule has 1 unspecified atom stereocenters. The highest BCUT2D eigenvalue weighted by atomic mass is 16.2. The van der Waals surface area contributed by atoms with Crippen LogP contribution < -0.4 is 5.32 Å². The third-order valence-corrected chi connectivity index (χ3v) is 4.67. The summed E-state index contributed by atoms with van der Waals surface area (Å²) >= 11 is 0. The maximum absolute atomic E-state index is 12.6. The topological polar surface area (TPSA) is 66.5 Å². The van der Waals surface area contributed by atoms with Crippen molar-refractivity contribution in [3.63, 3.8) is 0 Å². The van der Waals surface area contributed by atoms with E-state index in [1.54, 1.807) is 0 Å². The van der Waals surface area contributed by atoms with Crippen molar-refractivity contribution in [1.29, 1.82) is 0 Å². The van der Waals surface area contributed by atoms with Crippen LogP contribution in [0.15, 0.2) is 0 Å². The third-order valence-electron chi connectivity index (χ3n) is 4.67. The van der Waals surface area contributed by atoms with Gasteiger partial charge in [-0.05, 0) is 38.5 Å². The first kappa shape index (κ1) is 11.7. The van der Waals surface area contributed by atoms with Gasteiger partial charge in [-0.25, -0.2) is 4.79 Å². The first-order valence-corrected chi connectivity index (χ1v) is 6.75. The van der Waals surface area contributed by atoms with E-state index >= 15 is 0 Å². The lowest BCUT2D eigenvalue weighted by atomic mass is 9.81. The first-order chi connectivity index (χ1) is 8.56. The van der Waals surface area contributed by atoms with E-state index in [0.717, 1.165) is 25.7 Å². The van der Waals surface area contributed by atoms with Gasteiger partial charge in [-0.15, -0.1) is 0 Å². The van der Waals surface area contributed by atoms with Crippen LogP contribution in [0.25, 0.3) is 0 Å². The molecule has 5 heteroatoms. The van der Waals surface area contributed by atoms with E-state index in [0.29, 0.717) is 18.8 Å². The van der Waals surface area contributed by atoms with Gasteiger partial charge in [0.05, 0.1) is 0 Å².